The zero-order valence-electron chi connectivity index (χ0n) is 12.4. The number of benzene rings is 1. The number of halogens is 1. The van der Waals surface area contributed by atoms with Gasteiger partial charge in [-0.25, -0.2) is 8.42 Å². The van der Waals surface area contributed by atoms with E-state index in [2.05, 4.69) is 0 Å². The zero-order valence-corrected chi connectivity index (χ0v) is 14.0. The van der Waals surface area contributed by atoms with E-state index in [1.54, 1.807) is 25.1 Å². The average Bonchev–Trinajstić information content (AvgIpc) is 2.50. The Labute approximate surface area is 138 Å². The van der Waals surface area contributed by atoms with Crippen molar-refractivity contribution in [3.8, 4) is 0 Å². The first kappa shape index (κ1) is 17.2. The van der Waals surface area contributed by atoms with Crippen LogP contribution in [0.1, 0.15) is 22.8 Å². The summed E-state index contributed by atoms with van der Waals surface area (Å²) in [5.74, 6) is -0.732. The van der Waals surface area contributed by atoms with Gasteiger partial charge in [-0.15, -0.1) is 0 Å². The largest absolute Gasteiger partial charge is 0.365 e. The molecular weight excluding hydrogens is 338 g/mol. The molecular formula is C15H16ClN3O3S. The monoisotopic (exact) mass is 353 g/mol. The van der Waals surface area contributed by atoms with Gasteiger partial charge in [0.05, 0.1) is 21.2 Å². The number of sulfone groups is 1. The molecule has 0 aliphatic heterocycles. The van der Waals surface area contributed by atoms with E-state index in [0.29, 0.717) is 5.56 Å². The van der Waals surface area contributed by atoms with Gasteiger partial charge in [-0.1, -0.05) is 30.7 Å². The molecule has 1 aromatic heterocycles. The lowest BCUT2D eigenvalue weighted by Crippen LogP contribution is -2.29. The number of nitrogens with zero attached hydrogens (tertiary/aromatic N) is 1. The molecule has 0 unspecified atom stereocenters. The lowest BCUT2D eigenvalue weighted by atomic mass is 10.2. The molecule has 1 amide bonds. The van der Waals surface area contributed by atoms with Crippen molar-refractivity contribution in [2.45, 2.75) is 18.4 Å². The molecule has 8 heteroatoms. The van der Waals surface area contributed by atoms with Crippen molar-refractivity contribution in [3.05, 3.63) is 58.2 Å². The fraction of sp³-hybridized carbons (Fsp3) is 0.200. The maximum atomic E-state index is 11.9. The number of carbonyl (C=O) groups is 1. The Morgan fingerprint density at radius 3 is 2.65 bits per heavy atom. The van der Waals surface area contributed by atoms with Crippen molar-refractivity contribution in [1.82, 2.24) is 4.57 Å². The van der Waals surface area contributed by atoms with Crippen LogP contribution >= 0.6 is 11.6 Å². The van der Waals surface area contributed by atoms with Crippen LogP contribution in [0, 0.1) is 5.41 Å². The van der Waals surface area contributed by atoms with Crippen molar-refractivity contribution < 1.29 is 13.2 Å². The van der Waals surface area contributed by atoms with Gasteiger partial charge in [0.15, 0.2) is 9.84 Å². The fourth-order valence-corrected chi connectivity index (χ4v) is 3.30. The van der Waals surface area contributed by atoms with Crippen molar-refractivity contribution in [2.75, 3.05) is 5.75 Å². The molecule has 0 saturated heterocycles. The standard InChI is InChI=1S/C15H16ClN3O3S/c1-2-23(21,22)12-5-3-4-10(6-12)8-19-9-11(16)7-13(14(19)17)15(18)20/h3-7,9,17H,2,8H2,1H3,(H2,18,20). The van der Waals surface area contributed by atoms with Crippen LogP contribution in [0.15, 0.2) is 41.4 Å². The number of carbonyl (C=O) groups excluding carboxylic acids is 1. The quantitative estimate of drug-likeness (QED) is 0.851. The van der Waals surface area contributed by atoms with Crippen molar-refractivity contribution >= 4 is 27.3 Å². The third-order valence-electron chi connectivity index (χ3n) is 3.36. The molecule has 3 N–H and O–H groups in total. The number of nitrogens with one attached hydrogen (secondary N) is 1. The summed E-state index contributed by atoms with van der Waals surface area (Å²) in [5.41, 5.74) is 5.84. The summed E-state index contributed by atoms with van der Waals surface area (Å²) in [6.07, 6.45) is 1.50. The Morgan fingerprint density at radius 1 is 1.35 bits per heavy atom. The van der Waals surface area contributed by atoms with E-state index < -0.39 is 15.7 Å². The normalized spacial score (nSPS) is 11.4. The molecule has 1 heterocycles. The van der Waals surface area contributed by atoms with Crippen LogP contribution in [-0.2, 0) is 16.4 Å². The van der Waals surface area contributed by atoms with Crippen molar-refractivity contribution in [1.29, 1.82) is 5.41 Å². The highest BCUT2D eigenvalue weighted by molar-refractivity contribution is 7.91. The SMILES string of the molecule is CCS(=O)(=O)c1cccc(Cn2cc(Cl)cc(C(N)=O)c2=N)c1. The van der Waals surface area contributed by atoms with E-state index in [0.717, 1.165) is 0 Å². The second kappa shape index (κ2) is 6.55. The predicted molar refractivity (Wildman–Crippen MR) is 87.1 cm³/mol. The number of aromatic nitrogens is 1. The molecule has 0 bridgehead atoms. The summed E-state index contributed by atoms with van der Waals surface area (Å²) in [4.78, 5) is 11.6. The van der Waals surface area contributed by atoms with Gasteiger partial charge in [-0.2, -0.15) is 0 Å². The Morgan fingerprint density at radius 2 is 2.04 bits per heavy atom. The topological polar surface area (TPSA) is 106 Å². The van der Waals surface area contributed by atoms with E-state index in [4.69, 9.17) is 22.7 Å². The molecule has 2 rings (SSSR count). The number of rotatable bonds is 5. The van der Waals surface area contributed by atoms with Gasteiger partial charge in [-0.05, 0) is 23.8 Å². The maximum absolute atomic E-state index is 11.9. The second-order valence-electron chi connectivity index (χ2n) is 4.96. The van der Waals surface area contributed by atoms with Crippen LogP contribution in [0.5, 0.6) is 0 Å². The molecule has 122 valence electrons. The van der Waals surface area contributed by atoms with Crippen LogP contribution in [0.3, 0.4) is 0 Å². The molecule has 0 spiro atoms. The van der Waals surface area contributed by atoms with Crippen LogP contribution in [0.2, 0.25) is 5.02 Å². The molecule has 1 aromatic carbocycles. The van der Waals surface area contributed by atoms with Crippen LogP contribution in [0.25, 0.3) is 0 Å². The first-order valence-corrected chi connectivity index (χ1v) is 8.83. The molecule has 2 aromatic rings. The predicted octanol–water partition coefficient (Wildman–Crippen LogP) is 1.56. The van der Waals surface area contributed by atoms with Gasteiger partial charge in [0.2, 0.25) is 0 Å². The molecule has 0 aliphatic carbocycles. The number of amides is 1. The summed E-state index contributed by atoms with van der Waals surface area (Å²) < 4.78 is 25.3. The number of hydrogen-bond donors (Lipinski definition) is 2. The van der Waals surface area contributed by atoms with E-state index in [9.17, 15) is 13.2 Å². The van der Waals surface area contributed by atoms with Gasteiger partial charge in [0.1, 0.15) is 5.49 Å². The second-order valence-corrected chi connectivity index (χ2v) is 7.68. The zero-order chi connectivity index (χ0) is 17.2. The summed E-state index contributed by atoms with van der Waals surface area (Å²) in [6, 6.07) is 7.80. The van der Waals surface area contributed by atoms with E-state index >= 15 is 0 Å². The molecule has 0 atom stereocenters. The number of hydrogen-bond acceptors (Lipinski definition) is 4. The first-order chi connectivity index (χ1) is 10.7. The maximum Gasteiger partial charge on any atom is 0.252 e. The fourth-order valence-electron chi connectivity index (χ4n) is 2.12. The third kappa shape index (κ3) is 3.80. The van der Waals surface area contributed by atoms with E-state index in [-0.39, 0.29) is 33.3 Å². The minimum atomic E-state index is -3.31. The molecule has 0 saturated carbocycles. The molecule has 23 heavy (non-hydrogen) atoms. The lowest BCUT2D eigenvalue weighted by Gasteiger charge is -2.11. The minimum Gasteiger partial charge on any atom is -0.365 e. The Kier molecular flexibility index (Phi) is 4.91. The summed E-state index contributed by atoms with van der Waals surface area (Å²) >= 11 is 5.95. The molecule has 6 nitrogen and oxygen atoms in total. The van der Waals surface area contributed by atoms with Crippen LogP contribution < -0.4 is 11.2 Å². The molecule has 0 radical (unpaired) electrons. The van der Waals surface area contributed by atoms with Crippen molar-refractivity contribution in [2.24, 2.45) is 5.73 Å². The number of nitrogens with two attached hydrogens (primary N) is 1. The minimum absolute atomic E-state index is 0.00911. The van der Waals surface area contributed by atoms with Gasteiger partial charge >= 0.3 is 0 Å². The summed E-state index contributed by atoms with van der Waals surface area (Å²) in [6.45, 7) is 1.78. The Balaban J connectivity index is 2.47. The third-order valence-corrected chi connectivity index (χ3v) is 5.30. The highest BCUT2D eigenvalue weighted by atomic mass is 35.5. The highest BCUT2D eigenvalue weighted by Gasteiger charge is 2.13. The first-order valence-electron chi connectivity index (χ1n) is 6.80. The van der Waals surface area contributed by atoms with Gasteiger partial charge in [-0.3, -0.25) is 10.2 Å². The lowest BCUT2D eigenvalue weighted by molar-refractivity contribution is 0.0997. The number of pyridine rings is 1. The molecule has 0 aliphatic rings. The summed E-state index contributed by atoms with van der Waals surface area (Å²) in [7, 11) is -3.31. The molecule has 0 fully saturated rings. The Hall–Kier alpha value is -2.12. The highest BCUT2D eigenvalue weighted by Crippen LogP contribution is 2.15. The van der Waals surface area contributed by atoms with E-state index in [1.807, 2.05) is 0 Å². The van der Waals surface area contributed by atoms with Crippen LogP contribution in [0.4, 0.5) is 0 Å². The Bertz CT molecular complexity index is 920. The van der Waals surface area contributed by atoms with E-state index in [1.165, 1.54) is 22.9 Å². The van der Waals surface area contributed by atoms with Gasteiger partial charge < -0.3 is 10.3 Å². The number of primary amides is 1. The smallest absolute Gasteiger partial charge is 0.252 e. The van der Waals surface area contributed by atoms with Crippen LogP contribution in [-0.4, -0.2) is 24.6 Å². The summed E-state index contributed by atoms with van der Waals surface area (Å²) in [5, 5.41) is 8.29. The van der Waals surface area contributed by atoms with Gasteiger partial charge in [0.25, 0.3) is 5.91 Å². The van der Waals surface area contributed by atoms with Crippen molar-refractivity contribution in [3.63, 3.8) is 0 Å². The van der Waals surface area contributed by atoms with Gasteiger partial charge in [0, 0.05) is 12.7 Å². The average molecular weight is 354 g/mol.